The Bertz CT molecular complexity index is 2180. The van der Waals surface area contributed by atoms with Crippen molar-refractivity contribution < 1.29 is 33.5 Å². The zero-order valence-corrected chi connectivity index (χ0v) is 28.4. The lowest BCUT2D eigenvalue weighted by molar-refractivity contribution is -0.384. The third kappa shape index (κ3) is 4.21. The number of hydrogen-bond acceptors (Lipinski definition) is 8. The molecule has 5 aromatic carbocycles. The summed E-state index contributed by atoms with van der Waals surface area (Å²) in [4.78, 5) is 59.3. The van der Waals surface area contributed by atoms with Crippen LogP contribution in [-0.2, 0) is 25.2 Å². The molecule has 0 aromatic heterocycles. The fraction of sp³-hybridized carbons (Fsp3) is 0.167. The van der Waals surface area contributed by atoms with Crippen molar-refractivity contribution in [1.82, 2.24) is 0 Å². The van der Waals surface area contributed by atoms with E-state index in [0.29, 0.717) is 44.9 Å². The van der Waals surface area contributed by atoms with Gasteiger partial charge >= 0.3 is 0 Å². The zero-order valence-electron chi connectivity index (χ0n) is 28.4. The molecule has 52 heavy (non-hydrogen) atoms. The van der Waals surface area contributed by atoms with Crippen LogP contribution in [0.1, 0.15) is 22.3 Å². The van der Waals surface area contributed by atoms with Crippen molar-refractivity contribution in [3.8, 4) is 17.2 Å². The maximum Gasteiger partial charge on any atom is 0.297 e. The Balaban J connectivity index is 1.53. The molecule has 3 aliphatic rings. The number of allylic oxidation sites excluding steroid dienone is 2. The molecular formula is C42H32N2O8. The number of fused-ring (bicyclic) bond motifs is 5. The number of Topliss-reactive ketones (excluding diaryl/α,β-unsaturated/α-hetero) is 1. The predicted molar refractivity (Wildman–Crippen MR) is 193 cm³/mol. The number of anilines is 1. The average Bonchev–Trinajstić information content (AvgIpc) is 3.70. The van der Waals surface area contributed by atoms with E-state index in [1.807, 2.05) is 60.7 Å². The monoisotopic (exact) mass is 692 g/mol. The Labute approximate surface area is 299 Å². The predicted octanol–water partition coefficient (Wildman–Crippen LogP) is 6.81. The van der Waals surface area contributed by atoms with Gasteiger partial charge in [-0.15, -0.1) is 0 Å². The van der Waals surface area contributed by atoms with E-state index in [4.69, 9.17) is 14.2 Å². The SMILES string of the molecule is COc1ccc(C2=C(c3ccc(OC)cc3)[C@@]3(c4ccccc4)C(=O)[C@@]2(c2ccccc2)[C@H]2C(=O)N(c4ccc(OC)cc4[N+](=O)[O-])C(=O)[C@@H]23)cc1. The summed E-state index contributed by atoms with van der Waals surface area (Å²) in [6.45, 7) is 0. The van der Waals surface area contributed by atoms with Crippen molar-refractivity contribution >= 4 is 40.1 Å². The Hall–Kier alpha value is -6.55. The van der Waals surface area contributed by atoms with Gasteiger partial charge in [-0.05, 0) is 69.8 Å². The van der Waals surface area contributed by atoms with Gasteiger partial charge < -0.3 is 14.2 Å². The summed E-state index contributed by atoms with van der Waals surface area (Å²) in [6.07, 6.45) is 0. The molecule has 2 amide bonds. The third-order valence-corrected chi connectivity index (χ3v) is 10.8. The van der Waals surface area contributed by atoms with Crippen molar-refractivity contribution in [3.63, 3.8) is 0 Å². The summed E-state index contributed by atoms with van der Waals surface area (Å²) in [5, 5.41) is 12.5. The number of rotatable bonds is 9. The first-order valence-electron chi connectivity index (χ1n) is 16.6. The van der Waals surface area contributed by atoms with Gasteiger partial charge in [0.1, 0.15) is 22.9 Å². The summed E-state index contributed by atoms with van der Waals surface area (Å²) in [5.74, 6) is -2.83. The number of methoxy groups -OCH3 is 3. The lowest BCUT2D eigenvalue weighted by Crippen LogP contribution is -2.45. The van der Waals surface area contributed by atoms with E-state index in [1.54, 1.807) is 62.8 Å². The highest BCUT2D eigenvalue weighted by molar-refractivity contribution is 6.39. The highest BCUT2D eigenvalue weighted by atomic mass is 16.6. The number of nitro benzene ring substituents is 1. The molecule has 4 atom stereocenters. The largest absolute Gasteiger partial charge is 0.497 e. The quantitative estimate of drug-likeness (QED) is 0.0938. The molecule has 2 aliphatic carbocycles. The lowest BCUT2D eigenvalue weighted by Gasteiger charge is -2.39. The minimum Gasteiger partial charge on any atom is -0.497 e. The van der Waals surface area contributed by atoms with Crippen LogP contribution in [0.3, 0.4) is 0 Å². The van der Waals surface area contributed by atoms with E-state index in [2.05, 4.69) is 0 Å². The molecule has 0 N–H and O–H groups in total. The van der Waals surface area contributed by atoms with Crippen LogP contribution < -0.4 is 19.1 Å². The van der Waals surface area contributed by atoms with Crippen LogP contribution in [0.4, 0.5) is 11.4 Å². The lowest BCUT2D eigenvalue weighted by atomic mass is 9.59. The maximum atomic E-state index is 16.1. The molecule has 1 heterocycles. The second kappa shape index (κ2) is 12.1. The number of nitrogens with zero attached hydrogens (tertiary/aromatic N) is 2. The van der Waals surface area contributed by atoms with Crippen LogP contribution in [0.25, 0.3) is 11.1 Å². The summed E-state index contributed by atoms with van der Waals surface area (Å²) in [6, 6.07) is 36.7. The summed E-state index contributed by atoms with van der Waals surface area (Å²) in [5.41, 5.74) is -0.482. The number of carbonyl (C=O) groups is 3. The number of amides is 2. The Kier molecular flexibility index (Phi) is 7.56. The van der Waals surface area contributed by atoms with Crippen molar-refractivity contribution in [2.24, 2.45) is 11.8 Å². The maximum absolute atomic E-state index is 16.1. The highest BCUT2D eigenvalue weighted by Crippen LogP contribution is 2.74. The van der Waals surface area contributed by atoms with E-state index in [-0.39, 0.29) is 17.2 Å². The van der Waals surface area contributed by atoms with Crippen LogP contribution in [0, 0.1) is 22.0 Å². The number of ketones is 1. The van der Waals surface area contributed by atoms with Crippen molar-refractivity contribution in [2.75, 3.05) is 26.2 Å². The van der Waals surface area contributed by atoms with Crippen LogP contribution in [0.15, 0.2) is 127 Å². The third-order valence-electron chi connectivity index (χ3n) is 10.8. The number of imide groups is 1. The molecule has 258 valence electrons. The van der Waals surface area contributed by atoms with Crippen molar-refractivity contribution in [1.29, 1.82) is 0 Å². The minimum absolute atomic E-state index is 0.189. The first-order chi connectivity index (χ1) is 25.2. The smallest absolute Gasteiger partial charge is 0.297 e. The normalized spacial score (nSPS) is 23.2. The first-order valence-corrected chi connectivity index (χ1v) is 16.6. The molecule has 0 unspecified atom stereocenters. The van der Waals surface area contributed by atoms with E-state index in [9.17, 15) is 10.1 Å². The molecule has 2 bridgehead atoms. The molecule has 10 heteroatoms. The molecule has 1 aliphatic heterocycles. The van der Waals surface area contributed by atoms with Crippen LogP contribution in [-0.4, -0.2) is 43.9 Å². The molecule has 8 rings (SSSR count). The molecule has 2 fully saturated rings. The molecule has 10 nitrogen and oxygen atoms in total. The molecule has 0 spiro atoms. The Morgan fingerprint density at radius 1 is 0.577 bits per heavy atom. The molecular weight excluding hydrogens is 660 g/mol. The number of carbonyl (C=O) groups excluding carboxylic acids is 3. The average molecular weight is 693 g/mol. The van der Waals surface area contributed by atoms with Crippen LogP contribution in [0.5, 0.6) is 17.2 Å². The molecule has 1 saturated carbocycles. The first kappa shape index (κ1) is 32.6. The number of benzene rings is 5. The van der Waals surface area contributed by atoms with Gasteiger partial charge in [0.25, 0.3) is 5.69 Å². The van der Waals surface area contributed by atoms with E-state index >= 15 is 14.4 Å². The topological polar surface area (TPSA) is 125 Å². The molecule has 1 saturated heterocycles. The number of nitro groups is 1. The van der Waals surface area contributed by atoms with Gasteiger partial charge in [-0.3, -0.25) is 24.5 Å². The summed E-state index contributed by atoms with van der Waals surface area (Å²) in [7, 11) is 4.50. The summed E-state index contributed by atoms with van der Waals surface area (Å²) >= 11 is 0. The van der Waals surface area contributed by atoms with Gasteiger partial charge in [0, 0.05) is 0 Å². The molecule has 0 radical (unpaired) electrons. The van der Waals surface area contributed by atoms with E-state index in [1.165, 1.54) is 25.3 Å². The highest BCUT2D eigenvalue weighted by Gasteiger charge is 2.83. The molecule has 5 aromatic rings. The Morgan fingerprint density at radius 3 is 1.37 bits per heavy atom. The zero-order chi connectivity index (χ0) is 36.4. The van der Waals surface area contributed by atoms with Gasteiger partial charge in [0.15, 0.2) is 5.78 Å². The second-order valence-corrected chi connectivity index (χ2v) is 13.0. The number of hydrogen-bond donors (Lipinski definition) is 0. The van der Waals surface area contributed by atoms with Crippen LogP contribution in [0.2, 0.25) is 0 Å². The standard InChI is InChI=1S/C42H32N2O8/c1-50-29-18-14-25(15-19-29)34-35(26-16-20-30(51-2)21-17-26)42(28-12-8-5-9-13-28)37-36(41(34,40(42)47)27-10-6-4-7-11-27)38(45)43(39(37)46)32-23-22-31(52-3)24-33(32)44(48)49/h4-24,36-37H,1-3H3/t36-,37-,41-,42-/m1/s1. The fourth-order valence-electron chi connectivity index (χ4n) is 8.84. The van der Waals surface area contributed by atoms with Crippen molar-refractivity contribution in [3.05, 3.63) is 160 Å². The van der Waals surface area contributed by atoms with Gasteiger partial charge in [0.2, 0.25) is 11.8 Å². The van der Waals surface area contributed by atoms with Crippen molar-refractivity contribution in [2.45, 2.75) is 10.8 Å². The van der Waals surface area contributed by atoms with Gasteiger partial charge in [0.05, 0.1) is 55.0 Å². The van der Waals surface area contributed by atoms with E-state index < -0.39 is 45.1 Å². The van der Waals surface area contributed by atoms with Crippen LogP contribution >= 0.6 is 0 Å². The van der Waals surface area contributed by atoms with Gasteiger partial charge in [-0.25, -0.2) is 4.90 Å². The minimum atomic E-state index is -1.69. The van der Waals surface area contributed by atoms with Gasteiger partial charge in [-0.1, -0.05) is 84.9 Å². The fourth-order valence-corrected chi connectivity index (χ4v) is 8.84. The number of ether oxygens (including phenoxy) is 3. The van der Waals surface area contributed by atoms with Gasteiger partial charge in [-0.2, -0.15) is 0 Å². The van der Waals surface area contributed by atoms with E-state index in [0.717, 1.165) is 4.90 Å². The Morgan fingerprint density at radius 2 is 0.981 bits per heavy atom. The second-order valence-electron chi connectivity index (χ2n) is 13.0. The summed E-state index contributed by atoms with van der Waals surface area (Å²) < 4.78 is 16.2.